The van der Waals surface area contributed by atoms with E-state index in [1.54, 1.807) is 19.2 Å². The molecule has 0 fully saturated rings. The molecule has 0 heterocycles. The molecule has 0 aliphatic heterocycles. The predicted molar refractivity (Wildman–Crippen MR) is 61.2 cm³/mol. The summed E-state index contributed by atoms with van der Waals surface area (Å²) in [5.74, 6) is -0.606. The number of methoxy groups -OCH3 is 1. The Morgan fingerprint density at radius 3 is 2.81 bits per heavy atom. The summed E-state index contributed by atoms with van der Waals surface area (Å²) in [4.78, 5) is 11.7. The fourth-order valence-corrected chi connectivity index (χ4v) is 1.44. The standard InChI is InChI=1S/C13H17FO2/c1-9-4-6-12(14)11(8-9)13(15)7-5-10(2)16-3/h4,6,8,10H,5,7H2,1-3H3. The topological polar surface area (TPSA) is 26.3 Å². The minimum Gasteiger partial charge on any atom is -0.382 e. The summed E-state index contributed by atoms with van der Waals surface area (Å²) in [6, 6.07) is 4.58. The van der Waals surface area contributed by atoms with Gasteiger partial charge < -0.3 is 4.74 Å². The average Bonchev–Trinajstić information content (AvgIpc) is 2.28. The fraction of sp³-hybridized carbons (Fsp3) is 0.462. The van der Waals surface area contributed by atoms with Crippen LogP contribution in [0.15, 0.2) is 18.2 Å². The number of rotatable bonds is 5. The summed E-state index contributed by atoms with van der Waals surface area (Å²) in [6.45, 7) is 3.73. The summed E-state index contributed by atoms with van der Waals surface area (Å²) in [5, 5.41) is 0. The van der Waals surface area contributed by atoms with Crippen molar-refractivity contribution in [1.29, 1.82) is 0 Å². The van der Waals surface area contributed by atoms with Gasteiger partial charge in [0.25, 0.3) is 0 Å². The van der Waals surface area contributed by atoms with Crippen LogP contribution < -0.4 is 0 Å². The minimum absolute atomic E-state index is 0.0248. The molecule has 1 atom stereocenters. The number of carbonyl (C=O) groups excluding carboxylic acids is 1. The van der Waals surface area contributed by atoms with Crippen molar-refractivity contribution in [2.45, 2.75) is 32.8 Å². The van der Waals surface area contributed by atoms with Gasteiger partial charge in [-0.2, -0.15) is 0 Å². The number of hydrogen-bond acceptors (Lipinski definition) is 2. The van der Waals surface area contributed by atoms with Crippen molar-refractivity contribution in [3.63, 3.8) is 0 Å². The van der Waals surface area contributed by atoms with Crippen molar-refractivity contribution in [3.8, 4) is 0 Å². The molecule has 0 saturated heterocycles. The van der Waals surface area contributed by atoms with E-state index in [0.29, 0.717) is 12.8 Å². The maximum absolute atomic E-state index is 13.4. The zero-order valence-corrected chi connectivity index (χ0v) is 9.92. The zero-order valence-electron chi connectivity index (χ0n) is 9.92. The van der Waals surface area contributed by atoms with Gasteiger partial charge in [0.1, 0.15) is 5.82 Å². The van der Waals surface area contributed by atoms with Crippen LogP contribution in [0, 0.1) is 12.7 Å². The summed E-state index contributed by atoms with van der Waals surface area (Å²) in [7, 11) is 1.60. The highest BCUT2D eigenvalue weighted by atomic mass is 19.1. The third-order valence-corrected chi connectivity index (χ3v) is 2.60. The van der Waals surface area contributed by atoms with E-state index in [1.165, 1.54) is 6.07 Å². The van der Waals surface area contributed by atoms with Gasteiger partial charge in [0, 0.05) is 13.5 Å². The van der Waals surface area contributed by atoms with Gasteiger partial charge in [-0.05, 0) is 32.4 Å². The summed E-state index contributed by atoms with van der Waals surface area (Å²) in [5.41, 5.74) is 1.08. The smallest absolute Gasteiger partial charge is 0.165 e. The lowest BCUT2D eigenvalue weighted by Gasteiger charge is -2.08. The normalized spacial score (nSPS) is 12.5. The number of aryl methyl sites for hydroxylation is 1. The van der Waals surface area contributed by atoms with Gasteiger partial charge in [-0.1, -0.05) is 11.6 Å². The van der Waals surface area contributed by atoms with Crippen LogP contribution in [0.5, 0.6) is 0 Å². The van der Waals surface area contributed by atoms with Crippen molar-refractivity contribution in [3.05, 3.63) is 35.1 Å². The molecule has 88 valence electrons. The number of benzene rings is 1. The molecule has 0 spiro atoms. The highest BCUT2D eigenvalue weighted by Crippen LogP contribution is 2.14. The van der Waals surface area contributed by atoms with Gasteiger partial charge in [0.2, 0.25) is 0 Å². The number of carbonyl (C=O) groups is 1. The fourth-order valence-electron chi connectivity index (χ4n) is 1.44. The van der Waals surface area contributed by atoms with Gasteiger partial charge in [-0.25, -0.2) is 4.39 Å². The van der Waals surface area contributed by atoms with Gasteiger partial charge in [-0.3, -0.25) is 4.79 Å². The Kier molecular flexibility index (Phi) is 4.62. The summed E-state index contributed by atoms with van der Waals surface area (Å²) >= 11 is 0. The van der Waals surface area contributed by atoms with Crippen molar-refractivity contribution in [2.24, 2.45) is 0 Å². The first-order valence-corrected chi connectivity index (χ1v) is 5.36. The molecular formula is C13H17FO2. The van der Waals surface area contributed by atoms with Crippen LogP contribution in [-0.4, -0.2) is 19.0 Å². The number of ketones is 1. The quantitative estimate of drug-likeness (QED) is 0.718. The lowest BCUT2D eigenvalue weighted by atomic mass is 10.0. The number of Topliss-reactive ketones (excluding diaryl/α,β-unsaturated/α-hetero) is 1. The molecule has 16 heavy (non-hydrogen) atoms. The van der Waals surface area contributed by atoms with E-state index < -0.39 is 5.82 Å². The van der Waals surface area contributed by atoms with Crippen LogP contribution >= 0.6 is 0 Å². The third-order valence-electron chi connectivity index (χ3n) is 2.60. The second-order valence-corrected chi connectivity index (χ2v) is 3.99. The molecule has 0 bridgehead atoms. The molecule has 2 nitrogen and oxygen atoms in total. The molecule has 0 aromatic heterocycles. The van der Waals surface area contributed by atoms with Crippen LogP contribution in [0.25, 0.3) is 0 Å². The van der Waals surface area contributed by atoms with Gasteiger partial charge in [-0.15, -0.1) is 0 Å². The Morgan fingerprint density at radius 2 is 2.19 bits per heavy atom. The minimum atomic E-state index is -0.444. The van der Waals surface area contributed by atoms with Gasteiger partial charge in [0.15, 0.2) is 5.78 Å². The van der Waals surface area contributed by atoms with E-state index in [1.807, 2.05) is 13.8 Å². The second kappa shape index (κ2) is 5.75. The molecule has 0 N–H and O–H groups in total. The number of hydrogen-bond donors (Lipinski definition) is 0. The van der Waals surface area contributed by atoms with E-state index >= 15 is 0 Å². The van der Waals surface area contributed by atoms with E-state index in [9.17, 15) is 9.18 Å². The molecule has 0 amide bonds. The first-order chi connectivity index (χ1) is 7.54. The van der Waals surface area contributed by atoms with Crippen molar-refractivity contribution in [2.75, 3.05) is 7.11 Å². The Morgan fingerprint density at radius 1 is 1.50 bits per heavy atom. The molecule has 0 radical (unpaired) electrons. The third kappa shape index (κ3) is 3.42. The molecule has 1 aromatic rings. The molecule has 1 unspecified atom stereocenters. The van der Waals surface area contributed by atoms with Crippen molar-refractivity contribution >= 4 is 5.78 Å². The summed E-state index contributed by atoms with van der Waals surface area (Å²) in [6.07, 6.45) is 0.953. The van der Waals surface area contributed by atoms with Gasteiger partial charge in [0.05, 0.1) is 11.7 Å². The Balaban J connectivity index is 2.69. The largest absolute Gasteiger partial charge is 0.382 e. The van der Waals surface area contributed by atoms with E-state index in [0.717, 1.165) is 5.56 Å². The lowest BCUT2D eigenvalue weighted by molar-refractivity contribution is 0.0874. The molecule has 1 rings (SSSR count). The van der Waals surface area contributed by atoms with Crippen LogP contribution in [0.4, 0.5) is 4.39 Å². The molecule has 0 saturated carbocycles. The summed E-state index contributed by atoms with van der Waals surface area (Å²) < 4.78 is 18.4. The van der Waals surface area contributed by atoms with Crippen LogP contribution in [0.1, 0.15) is 35.7 Å². The second-order valence-electron chi connectivity index (χ2n) is 3.99. The highest BCUT2D eigenvalue weighted by molar-refractivity contribution is 5.96. The number of halogens is 1. The first kappa shape index (κ1) is 12.8. The van der Waals surface area contributed by atoms with E-state index in [4.69, 9.17) is 4.74 Å². The van der Waals surface area contributed by atoms with Crippen molar-refractivity contribution < 1.29 is 13.9 Å². The van der Waals surface area contributed by atoms with Crippen LogP contribution in [0.2, 0.25) is 0 Å². The predicted octanol–water partition coefficient (Wildman–Crippen LogP) is 3.13. The van der Waals surface area contributed by atoms with Crippen LogP contribution in [0.3, 0.4) is 0 Å². The highest BCUT2D eigenvalue weighted by Gasteiger charge is 2.13. The molecule has 0 aliphatic rings. The maximum Gasteiger partial charge on any atom is 0.165 e. The van der Waals surface area contributed by atoms with E-state index in [-0.39, 0.29) is 17.5 Å². The molecule has 1 aromatic carbocycles. The van der Waals surface area contributed by atoms with Crippen LogP contribution in [-0.2, 0) is 4.74 Å². The van der Waals surface area contributed by atoms with Gasteiger partial charge >= 0.3 is 0 Å². The Labute approximate surface area is 95.4 Å². The number of ether oxygens (including phenoxy) is 1. The Bertz CT molecular complexity index is 374. The molecule has 3 heteroatoms. The monoisotopic (exact) mass is 224 g/mol. The van der Waals surface area contributed by atoms with E-state index in [2.05, 4.69) is 0 Å². The maximum atomic E-state index is 13.4. The Hall–Kier alpha value is -1.22. The average molecular weight is 224 g/mol. The SMILES string of the molecule is COC(C)CCC(=O)c1cc(C)ccc1F. The lowest BCUT2D eigenvalue weighted by Crippen LogP contribution is -2.10. The molecule has 0 aliphatic carbocycles. The zero-order chi connectivity index (χ0) is 12.1. The van der Waals surface area contributed by atoms with Crippen molar-refractivity contribution in [1.82, 2.24) is 0 Å². The first-order valence-electron chi connectivity index (χ1n) is 5.36. The molecular weight excluding hydrogens is 207 g/mol.